The second kappa shape index (κ2) is 5.92. The van der Waals surface area contributed by atoms with Crippen molar-refractivity contribution in [3.63, 3.8) is 0 Å². The van der Waals surface area contributed by atoms with Crippen LogP contribution in [0.4, 0.5) is 11.5 Å². The van der Waals surface area contributed by atoms with Crippen molar-refractivity contribution in [2.24, 2.45) is 10.9 Å². The molecule has 1 aromatic rings. The summed E-state index contributed by atoms with van der Waals surface area (Å²) in [6.45, 7) is 2.54. The average Bonchev–Trinajstić information content (AvgIpc) is 2.91. The van der Waals surface area contributed by atoms with E-state index in [1.54, 1.807) is 11.9 Å². The molecular formula is C12H17N5O4. The average molecular weight is 295 g/mol. The first kappa shape index (κ1) is 15.0. The molecule has 1 saturated heterocycles. The van der Waals surface area contributed by atoms with E-state index in [0.29, 0.717) is 6.61 Å². The van der Waals surface area contributed by atoms with Crippen molar-refractivity contribution in [2.75, 3.05) is 18.6 Å². The molecule has 9 heteroatoms. The normalized spacial score (nSPS) is 22.3. The van der Waals surface area contributed by atoms with Gasteiger partial charge >= 0.3 is 5.69 Å². The lowest BCUT2D eigenvalue weighted by Gasteiger charge is -2.27. The van der Waals surface area contributed by atoms with Crippen LogP contribution in [-0.2, 0) is 4.74 Å². The summed E-state index contributed by atoms with van der Waals surface area (Å²) < 4.78 is 5.48. The molecule has 21 heavy (non-hydrogen) atoms. The van der Waals surface area contributed by atoms with E-state index in [1.165, 1.54) is 12.3 Å². The molecule has 0 radical (unpaired) electrons. The Balaban J connectivity index is 2.41. The molecule has 3 N–H and O–H groups in total. The summed E-state index contributed by atoms with van der Waals surface area (Å²) in [6.07, 6.45) is 2.09. The van der Waals surface area contributed by atoms with Gasteiger partial charge in [0.05, 0.1) is 17.1 Å². The third-order valence-corrected chi connectivity index (χ3v) is 3.62. The molecule has 114 valence electrons. The molecule has 0 aromatic carbocycles. The van der Waals surface area contributed by atoms with Gasteiger partial charge in [0, 0.05) is 31.5 Å². The van der Waals surface area contributed by atoms with Crippen LogP contribution in [0.25, 0.3) is 0 Å². The van der Waals surface area contributed by atoms with E-state index in [1.807, 2.05) is 6.92 Å². The van der Waals surface area contributed by atoms with E-state index in [4.69, 9.17) is 15.7 Å². The van der Waals surface area contributed by atoms with Gasteiger partial charge in [-0.2, -0.15) is 0 Å². The number of anilines is 1. The minimum atomic E-state index is -0.534. The van der Waals surface area contributed by atoms with Gasteiger partial charge < -0.3 is 20.6 Å². The predicted octanol–water partition coefficient (Wildman–Crippen LogP) is 0.698. The fourth-order valence-corrected chi connectivity index (χ4v) is 2.44. The van der Waals surface area contributed by atoms with Crippen molar-refractivity contribution < 1.29 is 14.9 Å². The Bertz CT molecular complexity index is 577. The molecular weight excluding hydrogens is 278 g/mol. The van der Waals surface area contributed by atoms with Crippen molar-refractivity contribution in [1.82, 2.24) is 4.98 Å². The highest BCUT2D eigenvalue weighted by molar-refractivity contribution is 5.97. The quantitative estimate of drug-likeness (QED) is 0.275. The standard InChI is InChI=1S/C12H17N5O4/c1-7-9(3-4-21-7)16(2)12-10(17(19)20)5-8(6-14-12)11(13)15-18/h5-7,9,18H,3-4H2,1-2H3,(H2,13,15). The zero-order chi connectivity index (χ0) is 15.6. The topological polar surface area (TPSA) is 127 Å². The van der Waals surface area contributed by atoms with Gasteiger partial charge in [0.2, 0.25) is 5.82 Å². The number of rotatable bonds is 4. The Hall–Kier alpha value is -2.42. The maximum atomic E-state index is 11.3. The third kappa shape index (κ3) is 2.87. The van der Waals surface area contributed by atoms with Crippen LogP contribution >= 0.6 is 0 Å². The number of nitrogens with two attached hydrogens (primary N) is 1. The summed E-state index contributed by atoms with van der Waals surface area (Å²) in [6, 6.07) is 1.26. The highest BCUT2D eigenvalue weighted by Crippen LogP contribution is 2.30. The summed E-state index contributed by atoms with van der Waals surface area (Å²) in [5.74, 6) is 0.00853. The van der Waals surface area contributed by atoms with E-state index in [2.05, 4.69) is 10.1 Å². The van der Waals surface area contributed by atoms with Gasteiger partial charge in [-0.15, -0.1) is 0 Å². The molecule has 1 aliphatic rings. The molecule has 0 spiro atoms. The molecule has 0 bridgehead atoms. The monoisotopic (exact) mass is 295 g/mol. The summed E-state index contributed by atoms with van der Waals surface area (Å²) >= 11 is 0. The van der Waals surface area contributed by atoms with Crippen LogP contribution < -0.4 is 10.6 Å². The maximum Gasteiger partial charge on any atom is 0.312 e. The summed E-state index contributed by atoms with van der Waals surface area (Å²) in [5.41, 5.74) is 5.44. The smallest absolute Gasteiger partial charge is 0.312 e. The van der Waals surface area contributed by atoms with Crippen molar-refractivity contribution in [3.05, 3.63) is 27.9 Å². The molecule has 1 fully saturated rings. The van der Waals surface area contributed by atoms with E-state index < -0.39 is 4.92 Å². The lowest BCUT2D eigenvalue weighted by molar-refractivity contribution is -0.384. The zero-order valence-corrected chi connectivity index (χ0v) is 11.8. The summed E-state index contributed by atoms with van der Waals surface area (Å²) in [4.78, 5) is 16.6. The highest BCUT2D eigenvalue weighted by atomic mass is 16.6. The first-order valence-electron chi connectivity index (χ1n) is 6.42. The van der Waals surface area contributed by atoms with Crippen LogP contribution in [0, 0.1) is 10.1 Å². The van der Waals surface area contributed by atoms with Crippen LogP contribution in [0.1, 0.15) is 18.9 Å². The van der Waals surface area contributed by atoms with Crippen molar-refractivity contribution in [3.8, 4) is 0 Å². The van der Waals surface area contributed by atoms with Crippen LogP contribution in [0.5, 0.6) is 0 Å². The molecule has 2 atom stereocenters. The molecule has 0 amide bonds. The van der Waals surface area contributed by atoms with Gasteiger partial charge in [-0.25, -0.2) is 4.98 Å². The SMILES string of the molecule is CC1OCCC1N(C)c1ncc(C(N)=NO)cc1[N+](=O)[O-]. The van der Waals surface area contributed by atoms with Gasteiger partial charge in [0.15, 0.2) is 5.84 Å². The summed E-state index contributed by atoms with van der Waals surface area (Å²) in [7, 11) is 1.74. The van der Waals surface area contributed by atoms with Gasteiger partial charge in [-0.1, -0.05) is 5.16 Å². The number of nitro groups is 1. The lowest BCUT2D eigenvalue weighted by atomic mass is 10.1. The number of likely N-dealkylation sites (N-methyl/N-ethyl adjacent to an activating group) is 1. The number of ether oxygens (including phenoxy) is 1. The number of hydrogen-bond acceptors (Lipinski definition) is 7. The highest BCUT2D eigenvalue weighted by Gasteiger charge is 2.32. The van der Waals surface area contributed by atoms with E-state index in [-0.39, 0.29) is 35.1 Å². The molecule has 1 aromatic heterocycles. The Morgan fingerprint density at radius 3 is 2.95 bits per heavy atom. The Labute approximate surface area is 121 Å². The Morgan fingerprint density at radius 1 is 1.71 bits per heavy atom. The number of pyridine rings is 1. The number of aromatic nitrogens is 1. The molecule has 2 rings (SSSR count). The number of oxime groups is 1. The number of hydrogen-bond donors (Lipinski definition) is 2. The van der Waals surface area contributed by atoms with Crippen LogP contribution in [0.3, 0.4) is 0 Å². The second-order valence-electron chi connectivity index (χ2n) is 4.85. The fraction of sp³-hybridized carbons (Fsp3) is 0.500. The first-order chi connectivity index (χ1) is 9.95. The van der Waals surface area contributed by atoms with E-state index in [0.717, 1.165) is 6.42 Å². The van der Waals surface area contributed by atoms with Crippen molar-refractivity contribution in [2.45, 2.75) is 25.5 Å². The second-order valence-corrected chi connectivity index (χ2v) is 4.85. The van der Waals surface area contributed by atoms with E-state index >= 15 is 0 Å². The fourth-order valence-electron chi connectivity index (χ4n) is 2.44. The van der Waals surface area contributed by atoms with Crippen molar-refractivity contribution >= 4 is 17.3 Å². The van der Waals surface area contributed by atoms with Gasteiger partial charge in [0.25, 0.3) is 0 Å². The van der Waals surface area contributed by atoms with Crippen LogP contribution in [0.15, 0.2) is 17.4 Å². The number of nitrogens with zero attached hydrogens (tertiary/aromatic N) is 4. The summed E-state index contributed by atoms with van der Waals surface area (Å²) in [5, 5.41) is 22.7. The minimum Gasteiger partial charge on any atom is -0.409 e. The van der Waals surface area contributed by atoms with Crippen molar-refractivity contribution in [1.29, 1.82) is 0 Å². The van der Waals surface area contributed by atoms with Gasteiger partial charge in [-0.3, -0.25) is 10.1 Å². The molecule has 2 heterocycles. The van der Waals surface area contributed by atoms with Crippen LogP contribution in [-0.4, -0.2) is 46.8 Å². The Morgan fingerprint density at radius 2 is 2.43 bits per heavy atom. The molecule has 0 aliphatic carbocycles. The minimum absolute atomic E-state index is 0.0194. The molecule has 2 unspecified atom stereocenters. The Kier molecular flexibility index (Phi) is 4.22. The lowest BCUT2D eigenvalue weighted by Crippen LogP contribution is -2.37. The zero-order valence-electron chi connectivity index (χ0n) is 11.8. The first-order valence-corrected chi connectivity index (χ1v) is 6.42. The largest absolute Gasteiger partial charge is 0.409 e. The van der Waals surface area contributed by atoms with Gasteiger partial charge in [0.1, 0.15) is 0 Å². The van der Waals surface area contributed by atoms with Gasteiger partial charge in [-0.05, 0) is 13.3 Å². The predicted molar refractivity (Wildman–Crippen MR) is 75.6 cm³/mol. The molecule has 9 nitrogen and oxygen atoms in total. The van der Waals surface area contributed by atoms with Crippen LogP contribution in [0.2, 0.25) is 0 Å². The molecule has 0 saturated carbocycles. The molecule has 1 aliphatic heterocycles. The number of amidine groups is 1. The maximum absolute atomic E-state index is 11.3. The van der Waals surface area contributed by atoms with E-state index in [9.17, 15) is 10.1 Å². The third-order valence-electron chi connectivity index (χ3n) is 3.62.